The normalized spacial score (nSPS) is 15.2. The van der Waals surface area contributed by atoms with E-state index in [4.69, 9.17) is 20.7 Å². The van der Waals surface area contributed by atoms with Crippen LogP contribution >= 0.6 is 11.6 Å². The standard InChI is InChI=1S/C15H12ClNO6S/c16-9-3-4-10(8(5-9)6-24(21)22)13(18)11-12(15(19)20)17-23-14(11)7-1-2-7/h3-5,7H,1-2,6H2,(H,19,20)(H,21,22). The Labute approximate surface area is 143 Å². The van der Waals surface area contributed by atoms with Crippen LogP contribution in [0.1, 0.15) is 56.5 Å². The summed E-state index contributed by atoms with van der Waals surface area (Å²) in [7, 11) is 0. The Bertz CT molecular complexity index is 858. The van der Waals surface area contributed by atoms with Gasteiger partial charge in [-0.25, -0.2) is 9.00 Å². The fraction of sp³-hybridized carbons (Fsp3) is 0.267. The molecule has 7 nitrogen and oxygen atoms in total. The van der Waals surface area contributed by atoms with Crippen molar-refractivity contribution in [1.82, 2.24) is 5.16 Å². The highest BCUT2D eigenvalue weighted by atomic mass is 35.5. The van der Waals surface area contributed by atoms with Crippen molar-refractivity contribution in [3.63, 3.8) is 0 Å². The van der Waals surface area contributed by atoms with Gasteiger partial charge in [-0.3, -0.25) is 4.79 Å². The Morgan fingerprint density at radius 3 is 2.67 bits per heavy atom. The minimum Gasteiger partial charge on any atom is -0.476 e. The lowest BCUT2D eigenvalue weighted by Gasteiger charge is -2.08. The van der Waals surface area contributed by atoms with Crippen LogP contribution in [0.2, 0.25) is 5.02 Å². The van der Waals surface area contributed by atoms with Gasteiger partial charge in [-0.05, 0) is 36.6 Å². The van der Waals surface area contributed by atoms with Crippen LogP contribution in [-0.2, 0) is 16.8 Å². The highest BCUT2D eigenvalue weighted by molar-refractivity contribution is 7.78. The first kappa shape index (κ1) is 16.8. The molecule has 1 fully saturated rings. The summed E-state index contributed by atoms with van der Waals surface area (Å²) in [5.41, 5.74) is -0.188. The van der Waals surface area contributed by atoms with Crippen molar-refractivity contribution >= 4 is 34.4 Å². The van der Waals surface area contributed by atoms with Crippen LogP contribution in [0, 0.1) is 0 Å². The van der Waals surface area contributed by atoms with E-state index in [0.29, 0.717) is 5.02 Å². The molecule has 2 aromatic rings. The van der Waals surface area contributed by atoms with Gasteiger partial charge in [0, 0.05) is 16.5 Å². The lowest BCUT2D eigenvalue weighted by molar-refractivity contribution is 0.0682. The zero-order valence-corrected chi connectivity index (χ0v) is 13.8. The molecule has 0 bridgehead atoms. The highest BCUT2D eigenvalue weighted by Gasteiger charge is 2.37. The van der Waals surface area contributed by atoms with Crippen LogP contribution in [-0.4, -0.2) is 30.8 Å². The van der Waals surface area contributed by atoms with Crippen LogP contribution in [0.3, 0.4) is 0 Å². The van der Waals surface area contributed by atoms with E-state index in [1.807, 2.05) is 0 Å². The lowest BCUT2D eigenvalue weighted by Crippen LogP contribution is -2.13. The van der Waals surface area contributed by atoms with Crippen molar-refractivity contribution < 1.29 is 28.0 Å². The molecule has 0 spiro atoms. The molecule has 1 aromatic carbocycles. The molecule has 0 saturated heterocycles. The van der Waals surface area contributed by atoms with Gasteiger partial charge in [0.1, 0.15) is 5.56 Å². The first-order valence-corrected chi connectivity index (χ1v) is 8.67. The number of nitrogens with zero attached hydrogens (tertiary/aromatic N) is 1. The summed E-state index contributed by atoms with van der Waals surface area (Å²) in [6.45, 7) is 0. The SMILES string of the molecule is O=C(O)c1noc(C2CC2)c1C(=O)c1ccc(Cl)cc1CS(=O)O. The Kier molecular flexibility index (Phi) is 4.53. The number of carbonyl (C=O) groups is 2. The summed E-state index contributed by atoms with van der Waals surface area (Å²) in [5.74, 6) is -2.03. The van der Waals surface area contributed by atoms with E-state index >= 15 is 0 Å². The van der Waals surface area contributed by atoms with E-state index < -0.39 is 28.5 Å². The minimum atomic E-state index is -2.18. The summed E-state index contributed by atoms with van der Waals surface area (Å²) in [6.07, 6.45) is 1.59. The summed E-state index contributed by atoms with van der Waals surface area (Å²) >= 11 is 3.71. The van der Waals surface area contributed by atoms with Gasteiger partial charge in [0.25, 0.3) is 0 Å². The van der Waals surface area contributed by atoms with Crippen LogP contribution in [0.4, 0.5) is 0 Å². The first-order valence-electron chi connectivity index (χ1n) is 7.02. The Morgan fingerprint density at radius 1 is 1.38 bits per heavy atom. The molecular weight excluding hydrogens is 358 g/mol. The van der Waals surface area contributed by atoms with Crippen molar-refractivity contribution in [2.75, 3.05) is 0 Å². The molecule has 1 saturated carbocycles. The molecule has 126 valence electrons. The molecule has 0 radical (unpaired) electrons. The van der Waals surface area contributed by atoms with Crippen molar-refractivity contribution in [2.24, 2.45) is 0 Å². The van der Waals surface area contributed by atoms with Crippen molar-refractivity contribution in [2.45, 2.75) is 24.5 Å². The van der Waals surface area contributed by atoms with Crippen molar-refractivity contribution in [1.29, 1.82) is 0 Å². The van der Waals surface area contributed by atoms with Gasteiger partial charge in [0.2, 0.25) is 5.69 Å². The predicted molar refractivity (Wildman–Crippen MR) is 84.8 cm³/mol. The third-order valence-corrected chi connectivity index (χ3v) is 4.48. The monoisotopic (exact) mass is 369 g/mol. The summed E-state index contributed by atoms with van der Waals surface area (Å²) in [4.78, 5) is 24.3. The molecule has 0 aliphatic heterocycles. The third-order valence-electron chi connectivity index (χ3n) is 3.69. The summed E-state index contributed by atoms with van der Waals surface area (Å²) in [5, 5.41) is 13.1. The number of hydrogen-bond acceptors (Lipinski definition) is 5. The van der Waals surface area contributed by atoms with Gasteiger partial charge in [-0.15, -0.1) is 0 Å². The van der Waals surface area contributed by atoms with Crippen molar-refractivity contribution in [3.8, 4) is 0 Å². The number of carboxylic acid groups (broad SMARTS) is 1. The maximum absolute atomic E-state index is 12.9. The molecule has 1 atom stereocenters. The number of hydrogen-bond donors (Lipinski definition) is 2. The van der Waals surface area contributed by atoms with E-state index in [1.54, 1.807) is 0 Å². The number of aromatic carboxylic acids is 1. The van der Waals surface area contributed by atoms with Gasteiger partial charge in [-0.2, -0.15) is 0 Å². The van der Waals surface area contributed by atoms with Gasteiger partial charge in [0.15, 0.2) is 22.6 Å². The number of carbonyl (C=O) groups excluding carboxylic acids is 1. The first-order chi connectivity index (χ1) is 11.4. The smallest absolute Gasteiger partial charge is 0.358 e. The maximum atomic E-state index is 12.9. The molecule has 9 heteroatoms. The Hall–Kier alpha value is -2.03. The van der Waals surface area contributed by atoms with Crippen LogP contribution in [0.15, 0.2) is 22.7 Å². The molecule has 1 unspecified atom stereocenters. The molecule has 1 aliphatic carbocycles. The average Bonchev–Trinajstić information content (AvgIpc) is 3.24. The van der Waals surface area contributed by atoms with Crippen molar-refractivity contribution in [3.05, 3.63) is 51.4 Å². The van der Waals surface area contributed by atoms with E-state index in [9.17, 15) is 18.9 Å². The number of benzene rings is 1. The second-order valence-corrected chi connectivity index (χ2v) is 6.81. The number of rotatable bonds is 6. The van der Waals surface area contributed by atoms with E-state index in [-0.39, 0.29) is 34.1 Å². The third kappa shape index (κ3) is 3.26. The second kappa shape index (κ2) is 6.46. The molecule has 2 N–H and O–H groups in total. The van der Waals surface area contributed by atoms with Gasteiger partial charge >= 0.3 is 5.97 Å². The lowest BCUT2D eigenvalue weighted by atomic mass is 9.96. The Morgan fingerprint density at radius 2 is 2.08 bits per heavy atom. The summed E-state index contributed by atoms with van der Waals surface area (Å²) < 4.78 is 25.3. The molecular formula is C15H12ClNO6S. The van der Waals surface area contributed by atoms with Crippen LogP contribution in [0.5, 0.6) is 0 Å². The zero-order valence-electron chi connectivity index (χ0n) is 12.2. The molecule has 1 aromatic heterocycles. The topological polar surface area (TPSA) is 118 Å². The number of ketones is 1. The van der Waals surface area contributed by atoms with Gasteiger partial charge < -0.3 is 14.2 Å². The zero-order chi connectivity index (χ0) is 17.4. The number of aromatic nitrogens is 1. The number of carboxylic acids is 1. The average molecular weight is 370 g/mol. The molecule has 1 heterocycles. The highest BCUT2D eigenvalue weighted by Crippen LogP contribution is 2.43. The van der Waals surface area contributed by atoms with E-state index in [2.05, 4.69) is 5.16 Å². The molecule has 1 aliphatic rings. The summed E-state index contributed by atoms with van der Waals surface area (Å²) in [6, 6.07) is 4.28. The molecule has 24 heavy (non-hydrogen) atoms. The van der Waals surface area contributed by atoms with E-state index in [1.165, 1.54) is 18.2 Å². The quantitative estimate of drug-likeness (QED) is 0.593. The predicted octanol–water partition coefficient (Wildman–Crippen LogP) is 2.86. The Balaban J connectivity index is 2.11. The maximum Gasteiger partial charge on any atom is 0.358 e. The molecule has 3 rings (SSSR count). The fourth-order valence-electron chi connectivity index (χ4n) is 2.46. The van der Waals surface area contributed by atoms with Gasteiger partial charge in [0.05, 0.1) is 5.75 Å². The molecule has 0 amide bonds. The number of halogens is 1. The fourth-order valence-corrected chi connectivity index (χ4v) is 3.16. The second-order valence-electron chi connectivity index (χ2n) is 5.45. The van der Waals surface area contributed by atoms with Gasteiger partial charge in [-0.1, -0.05) is 16.8 Å². The largest absolute Gasteiger partial charge is 0.476 e. The van der Waals surface area contributed by atoms with Crippen LogP contribution < -0.4 is 0 Å². The van der Waals surface area contributed by atoms with Crippen LogP contribution in [0.25, 0.3) is 0 Å². The van der Waals surface area contributed by atoms with E-state index in [0.717, 1.165) is 12.8 Å². The minimum absolute atomic E-state index is 0.0210.